The summed E-state index contributed by atoms with van der Waals surface area (Å²) in [6, 6.07) is 20.7. The van der Waals surface area contributed by atoms with Crippen LogP contribution in [0.4, 0.5) is 0 Å². The van der Waals surface area contributed by atoms with Gasteiger partial charge in [-0.05, 0) is 73.3 Å². The number of benzene rings is 2. The van der Waals surface area contributed by atoms with Gasteiger partial charge in [0.05, 0.1) is 6.10 Å². The number of carbonyl (C=O) groups is 2. The zero-order chi connectivity index (χ0) is 27.1. The summed E-state index contributed by atoms with van der Waals surface area (Å²) in [5, 5.41) is 20.2. The molecule has 0 amide bonds. The van der Waals surface area contributed by atoms with E-state index in [2.05, 4.69) is 0 Å². The molecule has 0 saturated carbocycles. The van der Waals surface area contributed by atoms with Gasteiger partial charge in [0.1, 0.15) is 18.1 Å². The molecule has 3 aliphatic rings. The molecule has 2 aliphatic carbocycles. The SMILES string of the molecule is CC1=C2[C@@H](CC/C(=C/c3ccc(CO)o3)c3ccccc3)OB(O)C[C@@H]2[C@@H]2C(=O)c3ccccc3C(=O)[C@@H]2C1. The predicted octanol–water partition coefficient (Wildman–Crippen LogP) is 5.62. The molecule has 0 unspecified atom stereocenters. The zero-order valence-corrected chi connectivity index (χ0v) is 21.9. The molecule has 2 heterocycles. The Morgan fingerprint density at radius 1 is 0.974 bits per heavy atom. The predicted molar refractivity (Wildman–Crippen MR) is 149 cm³/mol. The molecule has 1 saturated heterocycles. The maximum absolute atomic E-state index is 13.7. The number of hydrogen-bond acceptors (Lipinski definition) is 6. The number of allylic oxidation sites excluding steroid dienone is 2. The molecule has 198 valence electrons. The van der Waals surface area contributed by atoms with Gasteiger partial charge in [0, 0.05) is 23.0 Å². The summed E-state index contributed by atoms with van der Waals surface area (Å²) in [7, 11) is -1.00. The maximum Gasteiger partial charge on any atom is 0.455 e. The average Bonchev–Trinajstić information content (AvgIpc) is 3.41. The van der Waals surface area contributed by atoms with Gasteiger partial charge in [0.2, 0.25) is 0 Å². The van der Waals surface area contributed by atoms with E-state index in [4.69, 9.17) is 9.07 Å². The van der Waals surface area contributed by atoms with E-state index in [0.29, 0.717) is 48.2 Å². The minimum atomic E-state index is -1.00. The number of Topliss-reactive ketones (excluding diaryl/α,β-unsaturated/α-hetero) is 2. The van der Waals surface area contributed by atoms with Crippen molar-refractivity contribution < 1.29 is 28.8 Å². The van der Waals surface area contributed by atoms with E-state index in [1.54, 1.807) is 30.3 Å². The third-order valence-electron chi connectivity index (χ3n) is 8.48. The van der Waals surface area contributed by atoms with Gasteiger partial charge in [-0.1, -0.05) is 60.2 Å². The Hall–Kier alpha value is -3.52. The van der Waals surface area contributed by atoms with E-state index < -0.39 is 19.0 Å². The van der Waals surface area contributed by atoms with Crippen molar-refractivity contribution in [3.63, 3.8) is 0 Å². The minimum Gasteiger partial charge on any atom is -0.459 e. The van der Waals surface area contributed by atoms with E-state index in [9.17, 15) is 19.7 Å². The Labute approximate surface area is 228 Å². The summed E-state index contributed by atoms with van der Waals surface area (Å²) in [5.41, 5.74) is 5.25. The van der Waals surface area contributed by atoms with E-state index in [1.807, 2.05) is 49.4 Å². The van der Waals surface area contributed by atoms with Crippen molar-refractivity contribution in [2.75, 3.05) is 0 Å². The van der Waals surface area contributed by atoms with Crippen LogP contribution in [0.2, 0.25) is 6.32 Å². The fraction of sp³-hybridized carbons (Fsp3) is 0.312. The molecule has 1 aliphatic heterocycles. The number of furan rings is 1. The van der Waals surface area contributed by atoms with Crippen LogP contribution in [0.1, 0.15) is 64.0 Å². The highest BCUT2D eigenvalue weighted by molar-refractivity contribution is 6.43. The first-order valence-corrected chi connectivity index (χ1v) is 13.6. The molecule has 0 spiro atoms. The molecule has 39 heavy (non-hydrogen) atoms. The van der Waals surface area contributed by atoms with Gasteiger partial charge in [-0.2, -0.15) is 0 Å². The Morgan fingerprint density at radius 2 is 1.69 bits per heavy atom. The summed E-state index contributed by atoms with van der Waals surface area (Å²) in [6.07, 6.45) is 3.70. The zero-order valence-electron chi connectivity index (χ0n) is 21.9. The number of carbonyl (C=O) groups excluding carboxylic acids is 2. The largest absolute Gasteiger partial charge is 0.459 e. The van der Waals surface area contributed by atoms with Gasteiger partial charge in [0.25, 0.3) is 0 Å². The monoisotopic (exact) mass is 522 g/mol. The van der Waals surface area contributed by atoms with E-state index >= 15 is 0 Å². The molecule has 6 rings (SSSR count). The molecule has 4 atom stereocenters. The lowest BCUT2D eigenvalue weighted by Gasteiger charge is -2.47. The second kappa shape index (κ2) is 10.6. The number of fused-ring (bicyclic) bond motifs is 4. The van der Waals surface area contributed by atoms with Crippen molar-refractivity contribution in [1.29, 1.82) is 0 Å². The van der Waals surface area contributed by atoms with Gasteiger partial charge < -0.3 is 19.2 Å². The van der Waals surface area contributed by atoms with Crippen LogP contribution in [-0.4, -0.2) is 34.9 Å². The highest BCUT2D eigenvalue weighted by atomic mass is 16.5. The molecule has 0 bridgehead atoms. The Balaban J connectivity index is 1.31. The summed E-state index contributed by atoms with van der Waals surface area (Å²) in [5.74, 6) is 0.0790. The first-order chi connectivity index (χ1) is 18.9. The van der Waals surface area contributed by atoms with Gasteiger partial charge >= 0.3 is 7.12 Å². The van der Waals surface area contributed by atoms with Crippen LogP contribution < -0.4 is 0 Å². The standard InChI is InChI=1S/C32H31BO6/c1-19-15-26-30(32(36)25-10-6-5-9-24(25)31(26)35)27-17-33(37)39-28(29(19)27)14-11-21(20-7-3-2-4-8-20)16-22-12-13-23(18-34)38-22/h2-10,12-13,16,26-28,30,34,37H,11,14-15,17-18H2,1H3/b21-16-/t26-,27+,28-,30-/m1/s1. The second-order valence-electron chi connectivity index (χ2n) is 10.8. The van der Waals surface area contributed by atoms with Crippen molar-refractivity contribution in [3.8, 4) is 0 Å². The minimum absolute atomic E-state index is 0.000396. The molecule has 1 fully saturated rings. The quantitative estimate of drug-likeness (QED) is 0.322. The van der Waals surface area contributed by atoms with Gasteiger partial charge in [-0.25, -0.2) is 0 Å². The Bertz CT molecular complexity index is 1470. The van der Waals surface area contributed by atoms with Crippen LogP contribution in [0.5, 0.6) is 0 Å². The highest BCUT2D eigenvalue weighted by Crippen LogP contribution is 2.50. The first kappa shape index (κ1) is 25.7. The van der Waals surface area contributed by atoms with Crippen molar-refractivity contribution in [3.05, 3.63) is 106 Å². The molecule has 0 radical (unpaired) electrons. The van der Waals surface area contributed by atoms with Crippen LogP contribution in [0, 0.1) is 17.8 Å². The second-order valence-corrected chi connectivity index (χ2v) is 10.8. The van der Waals surface area contributed by atoms with Crippen LogP contribution in [-0.2, 0) is 11.3 Å². The summed E-state index contributed by atoms with van der Waals surface area (Å²) in [6.45, 7) is 1.88. The molecule has 1 aromatic heterocycles. The topological polar surface area (TPSA) is 97.0 Å². The van der Waals surface area contributed by atoms with Crippen molar-refractivity contribution in [1.82, 2.24) is 0 Å². The summed E-state index contributed by atoms with van der Waals surface area (Å²) >= 11 is 0. The lowest BCUT2D eigenvalue weighted by atomic mass is 9.54. The van der Waals surface area contributed by atoms with Gasteiger partial charge in [-0.3, -0.25) is 9.59 Å². The van der Waals surface area contributed by atoms with Gasteiger partial charge in [-0.15, -0.1) is 0 Å². The number of rotatable bonds is 6. The van der Waals surface area contributed by atoms with Crippen molar-refractivity contribution >= 4 is 30.3 Å². The molecule has 6 nitrogen and oxygen atoms in total. The van der Waals surface area contributed by atoms with Crippen LogP contribution in [0.15, 0.2) is 82.3 Å². The molecule has 3 aromatic rings. The fourth-order valence-electron chi connectivity index (χ4n) is 6.79. The average molecular weight is 522 g/mol. The number of ketones is 2. The molecule has 7 heteroatoms. The van der Waals surface area contributed by atoms with E-state index in [1.165, 1.54) is 0 Å². The van der Waals surface area contributed by atoms with Crippen molar-refractivity contribution in [2.45, 2.75) is 45.2 Å². The smallest absolute Gasteiger partial charge is 0.455 e. The molecule has 2 N–H and O–H groups in total. The molecular formula is C32H31BO6. The lowest BCUT2D eigenvalue weighted by molar-refractivity contribution is 0.0602. The normalized spacial score (nSPS) is 24.9. The molecule has 2 aromatic carbocycles. The van der Waals surface area contributed by atoms with Crippen molar-refractivity contribution in [2.24, 2.45) is 17.8 Å². The van der Waals surface area contributed by atoms with E-state index in [-0.39, 0.29) is 30.2 Å². The number of hydrogen-bond donors (Lipinski definition) is 2. The third kappa shape index (κ3) is 4.75. The Kier molecular flexibility index (Phi) is 6.98. The summed E-state index contributed by atoms with van der Waals surface area (Å²) < 4.78 is 11.8. The third-order valence-corrected chi connectivity index (χ3v) is 8.48. The Morgan fingerprint density at radius 3 is 2.41 bits per heavy atom. The number of aliphatic hydroxyl groups is 1. The van der Waals surface area contributed by atoms with E-state index in [0.717, 1.165) is 22.3 Å². The van der Waals surface area contributed by atoms with Crippen LogP contribution >= 0.6 is 0 Å². The first-order valence-electron chi connectivity index (χ1n) is 13.6. The van der Waals surface area contributed by atoms with Gasteiger partial charge in [0.15, 0.2) is 11.6 Å². The maximum atomic E-state index is 13.7. The summed E-state index contributed by atoms with van der Waals surface area (Å²) in [4.78, 5) is 27.2. The number of aliphatic hydroxyl groups excluding tert-OH is 1. The highest BCUT2D eigenvalue weighted by Gasteiger charge is 2.52. The molecular weight excluding hydrogens is 491 g/mol. The van der Waals surface area contributed by atoms with Crippen LogP contribution in [0.3, 0.4) is 0 Å². The lowest BCUT2D eigenvalue weighted by Crippen LogP contribution is -2.50. The fourth-order valence-corrected chi connectivity index (χ4v) is 6.79. The van der Waals surface area contributed by atoms with Crippen LogP contribution in [0.25, 0.3) is 11.6 Å².